The largest absolute Gasteiger partial charge is 0.481 e. The van der Waals surface area contributed by atoms with Crippen molar-refractivity contribution in [3.8, 4) is 0 Å². The van der Waals surface area contributed by atoms with Gasteiger partial charge in [-0.2, -0.15) is 4.98 Å². The first kappa shape index (κ1) is 13.6. The van der Waals surface area contributed by atoms with E-state index in [1.165, 1.54) is 0 Å². The van der Waals surface area contributed by atoms with E-state index < -0.39 is 5.97 Å². The Kier molecular flexibility index (Phi) is 4.19. The maximum Gasteiger partial charge on any atom is 0.303 e. The number of hydrogen-bond donors (Lipinski definition) is 1. The first-order valence-corrected chi connectivity index (χ1v) is 6.53. The Labute approximate surface area is 113 Å². The lowest BCUT2D eigenvalue weighted by Crippen LogP contribution is -2.35. The summed E-state index contributed by atoms with van der Waals surface area (Å²) in [7, 11) is 3.83. The van der Waals surface area contributed by atoms with E-state index in [2.05, 4.69) is 14.9 Å². The predicted octanol–water partition coefficient (Wildman–Crippen LogP) is 1.23. The summed E-state index contributed by atoms with van der Waals surface area (Å²) in [4.78, 5) is 23.5. The van der Waals surface area contributed by atoms with Crippen molar-refractivity contribution in [1.82, 2.24) is 9.97 Å². The highest BCUT2D eigenvalue weighted by Crippen LogP contribution is 2.24. The Morgan fingerprint density at radius 3 is 2.74 bits per heavy atom. The quantitative estimate of drug-likeness (QED) is 0.882. The second kappa shape index (κ2) is 5.86. The minimum atomic E-state index is -0.699. The van der Waals surface area contributed by atoms with Crippen LogP contribution in [-0.4, -0.2) is 48.2 Å². The van der Waals surface area contributed by atoms with Gasteiger partial charge in [-0.3, -0.25) is 4.79 Å². The van der Waals surface area contributed by atoms with Crippen LogP contribution in [0.25, 0.3) is 0 Å². The number of aliphatic carboxylic acids is 1. The lowest BCUT2D eigenvalue weighted by Gasteiger charge is -2.32. The zero-order chi connectivity index (χ0) is 13.8. The Balaban J connectivity index is 1.97. The molecule has 0 unspecified atom stereocenters. The SMILES string of the molecule is CN(C)c1nccc(N2CCC(CC(=O)O)CC2)n1. The van der Waals surface area contributed by atoms with E-state index in [9.17, 15) is 4.79 Å². The van der Waals surface area contributed by atoms with Crippen LogP contribution in [0.4, 0.5) is 11.8 Å². The molecule has 6 heteroatoms. The van der Waals surface area contributed by atoms with Gasteiger partial charge in [0, 0.05) is 39.8 Å². The van der Waals surface area contributed by atoms with Crippen molar-refractivity contribution < 1.29 is 9.90 Å². The summed E-state index contributed by atoms with van der Waals surface area (Å²) in [5, 5.41) is 8.81. The average Bonchev–Trinajstić information content (AvgIpc) is 2.39. The van der Waals surface area contributed by atoms with Crippen molar-refractivity contribution in [1.29, 1.82) is 0 Å². The molecule has 1 N–H and O–H groups in total. The Morgan fingerprint density at radius 1 is 1.47 bits per heavy atom. The number of carbonyl (C=O) groups is 1. The van der Waals surface area contributed by atoms with Crippen LogP contribution >= 0.6 is 0 Å². The van der Waals surface area contributed by atoms with E-state index in [4.69, 9.17) is 5.11 Å². The van der Waals surface area contributed by atoms with Crippen LogP contribution in [0, 0.1) is 5.92 Å². The molecule has 0 aromatic carbocycles. The first-order chi connectivity index (χ1) is 9.06. The summed E-state index contributed by atoms with van der Waals surface area (Å²) in [6, 6.07) is 1.91. The van der Waals surface area contributed by atoms with Crippen molar-refractivity contribution in [3.63, 3.8) is 0 Å². The third-order valence-corrected chi connectivity index (χ3v) is 3.43. The Morgan fingerprint density at radius 2 is 2.16 bits per heavy atom. The van der Waals surface area contributed by atoms with Crippen molar-refractivity contribution >= 4 is 17.7 Å². The third-order valence-electron chi connectivity index (χ3n) is 3.43. The zero-order valence-corrected chi connectivity index (χ0v) is 11.4. The highest BCUT2D eigenvalue weighted by Gasteiger charge is 2.22. The number of aromatic nitrogens is 2. The van der Waals surface area contributed by atoms with E-state index in [-0.39, 0.29) is 6.42 Å². The highest BCUT2D eigenvalue weighted by atomic mass is 16.4. The number of piperidine rings is 1. The minimum absolute atomic E-state index is 0.278. The van der Waals surface area contributed by atoms with Crippen LogP contribution in [0.1, 0.15) is 19.3 Å². The van der Waals surface area contributed by atoms with Crippen LogP contribution < -0.4 is 9.80 Å². The van der Waals surface area contributed by atoms with Crippen LogP contribution in [0.2, 0.25) is 0 Å². The fraction of sp³-hybridized carbons (Fsp3) is 0.615. The molecule has 0 atom stereocenters. The van der Waals surface area contributed by atoms with Gasteiger partial charge >= 0.3 is 5.97 Å². The fourth-order valence-corrected chi connectivity index (χ4v) is 2.34. The second-order valence-electron chi connectivity index (χ2n) is 5.14. The zero-order valence-electron chi connectivity index (χ0n) is 11.4. The number of hydrogen-bond acceptors (Lipinski definition) is 5. The monoisotopic (exact) mass is 264 g/mol. The lowest BCUT2D eigenvalue weighted by atomic mass is 9.94. The van der Waals surface area contributed by atoms with Crippen LogP contribution in [0.15, 0.2) is 12.3 Å². The summed E-state index contributed by atoms with van der Waals surface area (Å²) >= 11 is 0. The van der Waals surface area contributed by atoms with Gasteiger partial charge in [0.2, 0.25) is 5.95 Å². The molecule has 0 saturated carbocycles. The number of rotatable bonds is 4. The molecule has 0 amide bonds. The van der Waals surface area contributed by atoms with Gasteiger partial charge in [0.05, 0.1) is 0 Å². The van der Waals surface area contributed by atoms with Gasteiger partial charge in [0.25, 0.3) is 0 Å². The normalized spacial score (nSPS) is 16.4. The maximum atomic E-state index is 10.7. The fourth-order valence-electron chi connectivity index (χ4n) is 2.34. The molecule has 1 aromatic rings. The van der Waals surface area contributed by atoms with Crippen LogP contribution in [0.5, 0.6) is 0 Å². The summed E-state index contributed by atoms with van der Waals surface area (Å²) in [6.07, 6.45) is 3.86. The first-order valence-electron chi connectivity index (χ1n) is 6.53. The molecule has 2 rings (SSSR count). The molecule has 0 aliphatic carbocycles. The summed E-state index contributed by atoms with van der Waals surface area (Å²) in [5.74, 6) is 1.22. The van der Waals surface area contributed by atoms with Crippen LogP contribution in [0.3, 0.4) is 0 Å². The van der Waals surface area contributed by atoms with Gasteiger partial charge < -0.3 is 14.9 Å². The van der Waals surface area contributed by atoms with E-state index >= 15 is 0 Å². The van der Waals surface area contributed by atoms with E-state index in [1.807, 2.05) is 25.1 Å². The molecule has 0 bridgehead atoms. The van der Waals surface area contributed by atoms with Crippen molar-refractivity contribution in [2.24, 2.45) is 5.92 Å². The summed E-state index contributed by atoms with van der Waals surface area (Å²) < 4.78 is 0. The predicted molar refractivity (Wildman–Crippen MR) is 73.5 cm³/mol. The molecule has 1 aliphatic heterocycles. The van der Waals surface area contributed by atoms with Gasteiger partial charge in [-0.25, -0.2) is 4.98 Å². The maximum absolute atomic E-state index is 10.7. The standard InChI is InChI=1S/C13H20N4O2/c1-16(2)13-14-6-3-11(15-13)17-7-4-10(5-8-17)9-12(18)19/h3,6,10H,4-5,7-9H2,1-2H3,(H,18,19). The molecule has 1 fully saturated rings. The third kappa shape index (κ3) is 3.56. The number of carboxylic acids is 1. The van der Waals surface area contributed by atoms with E-state index in [0.29, 0.717) is 11.9 Å². The Bertz CT molecular complexity index is 442. The van der Waals surface area contributed by atoms with Crippen molar-refractivity contribution in [2.45, 2.75) is 19.3 Å². The van der Waals surface area contributed by atoms with Gasteiger partial charge in [0.15, 0.2) is 0 Å². The highest BCUT2D eigenvalue weighted by molar-refractivity contribution is 5.67. The second-order valence-corrected chi connectivity index (χ2v) is 5.14. The summed E-state index contributed by atoms with van der Waals surface area (Å²) in [6.45, 7) is 1.73. The van der Waals surface area contributed by atoms with Crippen molar-refractivity contribution in [3.05, 3.63) is 12.3 Å². The number of nitrogens with zero attached hydrogens (tertiary/aromatic N) is 4. The average molecular weight is 264 g/mol. The molecule has 0 radical (unpaired) electrons. The van der Waals surface area contributed by atoms with Crippen LogP contribution in [-0.2, 0) is 4.79 Å². The van der Waals surface area contributed by atoms with E-state index in [0.717, 1.165) is 31.7 Å². The molecule has 104 valence electrons. The topological polar surface area (TPSA) is 69.6 Å². The molecular formula is C13H20N4O2. The number of anilines is 2. The van der Waals surface area contributed by atoms with Crippen molar-refractivity contribution in [2.75, 3.05) is 37.0 Å². The molecule has 1 saturated heterocycles. The van der Waals surface area contributed by atoms with E-state index in [1.54, 1.807) is 6.20 Å². The molecule has 19 heavy (non-hydrogen) atoms. The number of carboxylic acid groups (broad SMARTS) is 1. The summed E-state index contributed by atoms with van der Waals surface area (Å²) in [5.41, 5.74) is 0. The molecular weight excluding hydrogens is 244 g/mol. The smallest absolute Gasteiger partial charge is 0.303 e. The molecule has 1 aromatic heterocycles. The van der Waals surface area contributed by atoms with Gasteiger partial charge in [-0.05, 0) is 24.8 Å². The Hall–Kier alpha value is -1.85. The van der Waals surface area contributed by atoms with Gasteiger partial charge in [0.1, 0.15) is 5.82 Å². The molecule has 0 spiro atoms. The van der Waals surface area contributed by atoms with Gasteiger partial charge in [-0.15, -0.1) is 0 Å². The molecule has 6 nitrogen and oxygen atoms in total. The molecule has 1 aliphatic rings. The lowest BCUT2D eigenvalue weighted by molar-refractivity contribution is -0.138. The molecule has 2 heterocycles. The minimum Gasteiger partial charge on any atom is -0.481 e. The van der Waals surface area contributed by atoms with Gasteiger partial charge in [-0.1, -0.05) is 0 Å².